The molecule has 0 saturated carbocycles. The summed E-state index contributed by atoms with van der Waals surface area (Å²) < 4.78 is 9.71. The Balaban J connectivity index is 2.31. The Bertz CT molecular complexity index is 757. The van der Waals surface area contributed by atoms with Crippen LogP contribution in [-0.4, -0.2) is 67.2 Å². The van der Waals surface area contributed by atoms with E-state index in [0.717, 1.165) is 36.3 Å². The summed E-state index contributed by atoms with van der Waals surface area (Å²) in [6.07, 6.45) is 15.2. The first-order valence-electron chi connectivity index (χ1n) is 15.0. The third-order valence-corrected chi connectivity index (χ3v) is 8.72. The van der Waals surface area contributed by atoms with Gasteiger partial charge in [0.1, 0.15) is 12.1 Å². The average Bonchev–Trinajstić information content (AvgIpc) is 3.39. The van der Waals surface area contributed by atoms with Crippen LogP contribution in [0.2, 0.25) is 0 Å². The van der Waals surface area contributed by atoms with Gasteiger partial charge in [-0.3, -0.25) is 0 Å². The highest BCUT2D eigenvalue weighted by Gasteiger charge is 2.36. The molecule has 4 atom stereocenters. The molecule has 1 N–H and O–H groups in total. The first-order chi connectivity index (χ1) is 18.6. The second kappa shape index (κ2) is 20.2. The lowest BCUT2D eigenvalue weighted by atomic mass is 9.91. The highest BCUT2D eigenvalue weighted by Crippen LogP contribution is 2.22. The van der Waals surface area contributed by atoms with E-state index in [4.69, 9.17) is 9.47 Å². The van der Waals surface area contributed by atoms with Crippen molar-refractivity contribution in [3.63, 3.8) is 0 Å². The topological polar surface area (TPSA) is 84.9 Å². The van der Waals surface area contributed by atoms with Crippen molar-refractivity contribution in [1.82, 2.24) is 10.2 Å². The number of esters is 2. The molecule has 0 spiro atoms. The number of rotatable bonds is 19. The summed E-state index contributed by atoms with van der Waals surface area (Å²) in [6.45, 7) is 12.0. The van der Waals surface area contributed by atoms with Gasteiger partial charge in [0.05, 0.1) is 14.2 Å². The lowest BCUT2D eigenvalue weighted by Crippen LogP contribution is -2.52. The zero-order valence-electron chi connectivity index (χ0n) is 25.8. The maximum absolute atomic E-state index is 12.8. The van der Waals surface area contributed by atoms with Crippen LogP contribution in [-0.2, 0) is 19.1 Å². The number of methoxy groups -OCH3 is 2. The van der Waals surface area contributed by atoms with Gasteiger partial charge in [0.2, 0.25) is 0 Å². The molecule has 0 aromatic carbocycles. The highest BCUT2D eigenvalue weighted by atomic mass is 32.2. The van der Waals surface area contributed by atoms with Crippen LogP contribution in [0, 0.1) is 17.8 Å². The van der Waals surface area contributed by atoms with Crippen LogP contribution >= 0.6 is 11.8 Å². The number of urea groups is 1. The number of likely N-dealkylation sites (tertiary alicyclic amines) is 1. The molecular formula is C31H56N2O5S. The van der Waals surface area contributed by atoms with Crippen molar-refractivity contribution >= 4 is 29.7 Å². The number of hydrogen-bond acceptors (Lipinski definition) is 6. The third-order valence-electron chi connectivity index (χ3n) is 7.74. The molecule has 1 saturated heterocycles. The Morgan fingerprint density at radius 3 is 2.15 bits per heavy atom. The van der Waals surface area contributed by atoms with Gasteiger partial charge >= 0.3 is 18.0 Å². The van der Waals surface area contributed by atoms with Crippen molar-refractivity contribution in [1.29, 1.82) is 0 Å². The Hall–Kier alpha value is -1.70. The van der Waals surface area contributed by atoms with Gasteiger partial charge < -0.3 is 19.7 Å². The molecule has 8 heteroatoms. The summed E-state index contributed by atoms with van der Waals surface area (Å²) >= 11 is 1.59. The Labute approximate surface area is 242 Å². The van der Waals surface area contributed by atoms with Crippen molar-refractivity contribution < 1.29 is 23.9 Å². The molecule has 0 aromatic heterocycles. The van der Waals surface area contributed by atoms with Gasteiger partial charge in [0, 0.05) is 18.1 Å². The van der Waals surface area contributed by atoms with Gasteiger partial charge in [-0.2, -0.15) is 11.8 Å². The third kappa shape index (κ3) is 15.0. The lowest BCUT2D eigenvalue weighted by Gasteiger charge is -2.25. The number of carbonyl (C=O) groups is 3. The minimum Gasteiger partial charge on any atom is -0.467 e. The van der Waals surface area contributed by atoms with Crippen LogP contribution in [0.25, 0.3) is 0 Å². The predicted octanol–water partition coefficient (Wildman–Crippen LogP) is 6.99. The van der Waals surface area contributed by atoms with Crippen LogP contribution in [0.5, 0.6) is 0 Å². The fourth-order valence-corrected chi connectivity index (χ4v) is 6.12. The zero-order chi connectivity index (χ0) is 29.2. The minimum atomic E-state index is -0.765. The van der Waals surface area contributed by atoms with E-state index in [2.05, 4.69) is 46.0 Å². The second-order valence-corrected chi connectivity index (χ2v) is 12.9. The maximum Gasteiger partial charge on any atom is 0.329 e. The van der Waals surface area contributed by atoms with Crippen molar-refractivity contribution in [2.24, 2.45) is 17.8 Å². The van der Waals surface area contributed by atoms with Gasteiger partial charge in [0.15, 0.2) is 0 Å². The van der Waals surface area contributed by atoms with Crippen LogP contribution in [0.3, 0.4) is 0 Å². The van der Waals surface area contributed by atoms with Crippen LogP contribution in [0.4, 0.5) is 4.79 Å². The maximum atomic E-state index is 12.8. The SMILES string of the molecule is COC(=O)C(CSC/C=C(\C)CCCC(C)CCCC(C)CCCC(C)C)NC(=O)N1CCCC1C(=O)OC. The summed E-state index contributed by atoms with van der Waals surface area (Å²) in [6, 6.07) is -1.79. The van der Waals surface area contributed by atoms with E-state index < -0.39 is 30.1 Å². The molecule has 1 aliphatic rings. The normalized spacial score (nSPS) is 18.1. The van der Waals surface area contributed by atoms with E-state index in [1.165, 1.54) is 76.1 Å². The quantitative estimate of drug-likeness (QED) is 0.103. The summed E-state index contributed by atoms with van der Waals surface area (Å²) in [5.41, 5.74) is 1.37. The van der Waals surface area contributed by atoms with Gasteiger partial charge in [-0.05, 0) is 50.4 Å². The van der Waals surface area contributed by atoms with Crippen molar-refractivity contribution in [3.8, 4) is 0 Å². The van der Waals surface area contributed by atoms with E-state index in [-0.39, 0.29) is 0 Å². The summed E-state index contributed by atoms with van der Waals surface area (Å²) in [5.74, 6) is 2.71. The van der Waals surface area contributed by atoms with E-state index in [0.29, 0.717) is 18.7 Å². The summed E-state index contributed by atoms with van der Waals surface area (Å²) in [5, 5.41) is 2.75. The van der Waals surface area contributed by atoms with Crippen LogP contribution in [0.15, 0.2) is 11.6 Å². The predicted molar refractivity (Wildman–Crippen MR) is 162 cm³/mol. The molecule has 0 radical (unpaired) electrons. The molecule has 2 amide bonds. The van der Waals surface area contributed by atoms with E-state index in [9.17, 15) is 14.4 Å². The largest absolute Gasteiger partial charge is 0.467 e. The number of carbonyl (C=O) groups excluding carboxylic acids is 3. The number of thioether (sulfide) groups is 1. The Morgan fingerprint density at radius 1 is 0.949 bits per heavy atom. The first-order valence-corrected chi connectivity index (χ1v) is 16.2. The number of nitrogens with one attached hydrogen (secondary N) is 1. The van der Waals surface area contributed by atoms with Gasteiger partial charge in [0.25, 0.3) is 0 Å². The standard InChI is InChI=1S/C31H56N2O5S/c1-23(2)12-8-13-24(3)14-9-15-25(4)16-10-17-26(5)19-21-39-22-27(29(34)37-6)32-31(36)33-20-11-18-28(33)30(35)38-7/h19,23-25,27-28H,8-18,20-22H2,1-7H3,(H,32,36)/b26-19+. The van der Waals surface area contributed by atoms with Crippen LogP contribution < -0.4 is 5.32 Å². The number of amides is 2. The minimum absolute atomic E-state index is 0.409. The van der Waals surface area contributed by atoms with E-state index >= 15 is 0 Å². The summed E-state index contributed by atoms with van der Waals surface area (Å²) in [4.78, 5) is 38.5. The van der Waals surface area contributed by atoms with Gasteiger partial charge in [-0.25, -0.2) is 14.4 Å². The summed E-state index contributed by atoms with van der Waals surface area (Å²) in [7, 11) is 2.64. The molecule has 0 aliphatic carbocycles. The van der Waals surface area contributed by atoms with Crippen LogP contribution in [0.1, 0.15) is 105 Å². The van der Waals surface area contributed by atoms with E-state index in [1.807, 2.05) is 0 Å². The average molecular weight is 569 g/mol. The van der Waals surface area contributed by atoms with Crippen molar-refractivity contribution in [2.75, 3.05) is 32.3 Å². The Kier molecular flexibility index (Phi) is 18.3. The van der Waals surface area contributed by atoms with E-state index in [1.54, 1.807) is 11.8 Å². The molecule has 1 heterocycles. The van der Waals surface area contributed by atoms with Crippen molar-refractivity contribution in [3.05, 3.63) is 11.6 Å². The second-order valence-electron chi connectivity index (χ2n) is 11.8. The molecule has 1 aliphatic heterocycles. The monoisotopic (exact) mass is 568 g/mol. The molecule has 1 fully saturated rings. The number of hydrogen-bond donors (Lipinski definition) is 1. The Morgan fingerprint density at radius 2 is 1.56 bits per heavy atom. The molecule has 0 bridgehead atoms. The molecular weight excluding hydrogens is 512 g/mol. The molecule has 226 valence electrons. The highest BCUT2D eigenvalue weighted by molar-refractivity contribution is 7.99. The molecule has 0 aromatic rings. The molecule has 1 rings (SSSR count). The van der Waals surface area contributed by atoms with Gasteiger partial charge in [-0.15, -0.1) is 0 Å². The lowest BCUT2D eigenvalue weighted by molar-refractivity contribution is -0.144. The molecule has 4 unspecified atom stereocenters. The fraction of sp³-hybridized carbons (Fsp3) is 0.839. The number of allylic oxidation sites excluding steroid dienone is 1. The van der Waals surface area contributed by atoms with Crippen molar-refractivity contribution in [2.45, 2.75) is 117 Å². The zero-order valence-corrected chi connectivity index (χ0v) is 26.6. The molecule has 7 nitrogen and oxygen atoms in total. The fourth-order valence-electron chi connectivity index (χ4n) is 5.13. The number of nitrogens with zero attached hydrogens (tertiary/aromatic N) is 1. The number of ether oxygens (including phenoxy) is 2. The smallest absolute Gasteiger partial charge is 0.329 e. The van der Waals surface area contributed by atoms with Gasteiger partial charge in [-0.1, -0.05) is 84.3 Å². The first kappa shape index (κ1) is 35.3. The molecule has 39 heavy (non-hydrogen) atoms.